The van der Waals surface area contributed by atoms with Gasteiger partial charge in [0.05, 0.1) is 17.3 Å². The molecule has 21 heavy (non-hydrogen) atoms. The molecule has 0 radical (unpaired) electrons. The van der Waals surface area contributed by atoms with Crippen LogP contribution in [0.1, 0.15) is 24.3 Å². The molecule has 0 spiro atoms. The largest absolute Gasteiger partial charge is 0.473 e. The Hall–Kier alpha value is -2.25. The van der Waals surface area contributed by atoms with E-state index in [1.807, 2.05) is 0 Å². The number of nitrogens with one attached hydrogen (secondary N) is 1. The second kappa shape index (κ2) is 5.63. The van der Waals surface area contributed by atoms with Crippen LogP contribution in [-0.4, -0.2) is 23.7 Å². The van der Waals surface area contributed by atoms with Gasteiger partial charge in [0.1, 0.15) is 6.61 Å². The molecule has 1 aliphatic heterocycles. The van der Waals surface area contributed by atoms with E-state index in [1.54, 1.807) is 6.92 Å². The van der Waals surface area contributed by atoms with Gasteiger partial charge in [-0.1, -0.05) is 12.7 Å². The van der Waals surface area contributed by atoms with E-state index < -0.39 is 30.0 Å². The predicted octanol–water partition coefficient (Wildman–Crippen LogP) is 2.83. The summed E-state index contributed by atoms with van der Waals surface area (Å²) in [6.07, 6.45) is -4.75. The van der Waals surface area contributed by atoms with Crippen molar-refractivity contribution in [1.29, 1.82) is 0 Å². The van der Waals surface area contributed by atoms with Gasteiger partial charge in [-0.05, 0) is 13.0 Å². The van der Waals surface area contributed by atoms with E-state index in [0.29, 0.717) is 0 Å². The van der Waals surface area contributed by atoms with E-state index >= 15 is 0 Å². The maximum absolute atomic E-state index is 12.9. The zero-order valence-corrected chi connectivity index (χ0v) is 11.1. The molecule has 0 saturated carbocycles. The molecule has 1 saturated heterocycles. The van der Waals surface area contributed by atoms with Gasteiger partial charge in [0.2, 0.25) is 5.88 Å². The fourth-order valence-corrected chi connectivity index (χ4v) is 1.88. The molecule has 8 heteroatoms. The van der Waals surface area contributed by atoms with Crippen LogP contribution in [0.3, 0.4) is 0 Å². The molecule has 1 N–H and O–H groups in total. The molecule has 2 atom stereocenters. The second-order valence-corrected chi connectivity index (χ2v) is 4.48. The zero-order valence-electron chi connectivity index (χ0n) is 11.1. The summed E-state index contributed by atoms with van der Waals surface area (Å²) in [5.41, 5.74) is -0.934. The van der Waals surface area contributed by atoms with Crippen LogP contribution in [0.5, 0.6) is 5.88 Å². The maximum Gasteiger partial charge on any atom is 0.416 e. The van der Waals surface area contributed by atoms with Gasteiger partial charge in [0.15, 0.2) is 6.10 Å². The number of carbonyl (C=O) groups excluding carboxylic acids is 1. The predicted molar refractivity (Wildman–Crippen MR) is 66.8 cm³/mol. The van der Waals surface area contributed by atoms with Crippen molar-refractivity contribution in [2.24, 2.45) is 0 Å². The van der Waals surface area contributed by atoms with Crippen molar-refractivity contribution < 1.29 is 27.4 Å². The van der Waals surface area contributed by atoms with Crippen LogP contribution in [0.2, 0.25) is 0 Å². The van der Waals surface area contributed by atoms with Gasteiger partial charge in [-0.15, -0.1) is 0 Å². The summed E-state index contributed by atoms with van der Waals surface area (Å²) in [4.78, 5) is 15.1. The van der Waals surface area contributed by atoms with Gasteiger partial charge in [0, 0.05) is 6.07 Å². The van der Waals surface area contributed by atoms with Gasteiger partial charge >= 0.3 is 12.3 Å². The van der Waals surface area contributed by atoms with Gasteiger partial charge in [-0.3, -0.25) is 0 Å². The van der Waals surface area contributed by atoms with E-state index in [9.17, 15) is 18.0 Å². The van der Waals surface area contributed by atoms with E-state index in [1.165, 1.54) is 6.08 Å². The minimum atomic E-state index is -4.55. The van der Waals surface area contributed by atoms with Crippen LogP contribution in [-0.2, 0) is 10.9 Å². The SMILES string of the molecule is C=CCOc1cc(C(F)(F)F)cc([C@H]2OC(=O)N[C@H]2C)n1. The normalized spacial score (nSPS) is 21.6. The molecule has 2 rings (SSSR count). The summed E-state index contributed by atoms with van der Waals surface area (Å²) in [5, 5.41) is 2.45. The highest BCUT2D eigenvalue weighted by atomic mass is 19.4. The lowest BCUT2D eigenvalue weighted by Gasteiger charge is -2.16. The molecule has 1 aromatic rings. The average molecular weight is 302 g/mol. The van der Waals surface area contributed by atoms with Crippen LogP contribution in [0.15, 0.2) is 24.8 Å². The first-order chi connectivity index (χ1) is 9.81. The molecule has 0 aromatic carbocycles. The van der Waals surface area contributed by atoms with Crippen molar-refractivity contribution in [2.75, 3.05) is 6.61 Å². The van der Waals surface area contributed by atoms with Crippen LogP contribution >= 0.6 is 0 Å². The van der Waals surface area contributed by atoms with Gasteiger partial charge < -0.3 is 14.8 Å². The lowest BCUT2D eigenvalue weighted by Crippen LogP contribution is -2.24. The first kappa shape index (κ1) is 15.1. The Morgan fingerprint density at radius 1 is 1.52 bits per heavy atom. The van der Waals surface area contributed by atoms with E-state index in [-0.39, 0.29) is 18.2 Å². The Morgan fingerprint density at radius 2 is 2.24 bits per heavy atom. The molecule has 1 fully saturated rings. The van der Waals surface area contributed by atoms with E-state index in [2.05, 4.69) is 16.9 Å². The molecule has 0 unspecified atom stereocenters. The van der Waals surface area contributed by atoms with Crippen molar-refractivity contribution in [1.82, 2.24) is 10.3 Å². The number of carbonyl (C=O) groups is 1. The van der Waals surface area contributed by atoms with Gasteiger partial charge in [-0.25, -0.2) is 9.78 Å². The number of alkyl halides is 3. The molecular weight excluding hydrogens is 289 g/mol. The average Bonchev–Trinajstić information content (AvgIpc) is 2.74. The van der Waals surface area contributed by atoms with Crippen molar-refractivity contribution in [3.8, 4) is 5.88 Å². The van der Waals surface area contributed by atoms with Crippen LogP contribution in [0.25, 0.3) is 0 Å². The third-order valence-electron chi connectivity index (χ3n) is 2.82. The highest BCUT2D eigenvalue weighted by Gasteiger charge is 2.37. The smallest absolute Gasteiger partial charge is 0.416 e. The number of rotatable bonds is 4. The number of halogens is 3. The molecule has 2 heterocycles. The third kappa shape index (κ3) is 3.45. The summed E-state index contributed by atoms with van der Waals surface area (Å²) >= 11 is 0. The number of aromatic nitrogens is 1. The van der Waals surface area contributed by atoms with Crippen molar-refractivity contribution in [3.05, 3.63) is 36.0 Å². The lowest BCUT2D eigenvalue weighted by molar-refractivity contribution is -0.137. The Balaban J connectivity index is 2.39. The molecule has 1 amide bonds. The van der Waals surface area contributed by atoms with E-state index in [0.717, 1.165) is 12.1 Å². The monoisotopic (exact) mass is 302 g/mol. The Labute approximate surface area is 118 Å². The van der Waals surface area contributed by atoms with Gasteiger partial charge in [0.25, 0.3) is 0 Å². The summed E-state index contributed by atoms with van der Waals surface area (Å²) in [7, 11) is 0. The summed E-state index contributed by atoms with van der Waals surface area (Å²) in [5.74, 6) is -0.199. The first-order valence-electron chi connectivity index (χ1n) is 6.11. The molecule has 114 valence electrons. The van der Waals surface area contributed by atoms with Crippen LogP contribution < -0.4 is 10.1 Å². The van der Waals surface area contributed by atoms with Crippen molar-refractivity contribution >= 4 is 6.09 Å². The quantitative estimate of drug-likeness (QED) is 0.869. The molecular formula is C13H13F3N2O3. The van der Waals surface area contributed by atoms with Crippen LogP contribution in [0, 0.1) is 0 Å². The number of hydrogen-bond acceptors (Lipinski definition) is 4. The molecule has 0 aliphatic carbocycles. The fraction of sp³-hybridized carbons (Fsp3) is 0.385. The van der Waals surface area contributed by atoms with Crippen LogP contribution in [0.4, 0.5) is 18.0 Å². The number of alkyl carbamates (subject to hydrolysis) is 1. The second-order valence-electron chi connectivity index (χ2n) is 4.48. The molecule has 5 nitrogen and oxygen atoms in total. The standard InChI is InChI=1S/C13H13F3N2O3/c1-3-4-20-10-6-8(13(14,15)16)5-9(18-10)11-7(2)17-12(19)21-11/h3,5-7,11H,1,4H2,2H3,(H,17,19)/t7-,11-/m0/s1. The third-order valence-corrected chi connectivity index (χ3v) is 2.82. The number of cyclic esters (lactones) is 1. The Morgan fingerprint density at radius 3 is 2.76 bits per heavy atom. The molecule has 1 aromatic heterocycles. The topological polar surface area (TPSA) is 60.5 Å². The highest BCUT2D eigenvalue weighted by Crippen LogP contribution is 2.34. The molecule has 0 bridgehead atoms. The lowest BCUT2D eigenvalue weighted by atomic mass is 10.1. The Bertz CT molecular complexity index is 560. The van der Waals surface area contributed by atoms with Gasteiger partial charge in [-0.2, -0.15) is 13.2 Å². The van der Waals surface area contributed by atoms with E-state index in [4.69, 9.17) is 9.47 Å². The Kier molecular flexibility index (Phi) is 4.06. The zero-order chi connectivity index (χ0) is 15.6. The number of amides is 1. The number of hydrogen-bond donors (Lipinski definition) is 1. The summed E-state index contributed by atoms with van der Waals surface area (Å²) < 4.78 is 48.7. The number of pyridine rings is 1. The highest BCUT2D eigenvalue weighted by molar-refractivity contribution is 5.70. The minimum absolute atomic E-state index is 0.0188. The summed E-state index contributed by atoms with van der Waals surface area (Å²) in [6, 6.07) is 1.16. The fourth-order valence-electron chi connectivity index (χ4n) is 1.88. The number of ether oxygens (including phenoxy) is 2. The maximum atomic E-state index is 12.9. The molecule has 1 aliphatic rings. The van der Waals surface area contributed by atoms with Crippen molar-refractivity contribution in [3.63, 3.8) is 0 Å². The summed E-state index contributed by atoms with van der Waals surface area (Å²) in [6.45, 7) is 5.05. The van der Waals surface area contributed by atoms with Crippen molar-refractivity contribution in [2.45, 2.75) is 25.2 Å². The minimum Gasteiger partial charge on any atom is -0.473 e. The first-order valence-corrected chi connectivity index (χ1v) is 6.11. The number of nitrogens with zero attached hydrogens (tertiary/aromatic N) is 1.